The number of anilines is 1. The van der Waals surface area contributed by atoms with Crippen LogP contribution in [0.2, 0.25) is 0 Å². The molecule has 0 atom stereocenters. The van der Waals surface area contributed by atoms with Crippen molar-refractivity contribution in [1.29, 1.82) is 0 Å². The highest BCUT2D eigenvalue weighted by atomic mass is 19.1. The van der Waals surface area contributed by atoms with Gasteiger partial charge < -0.3 is 15.0 Å². The maximum Gasteiger partial charge on any atom is 0.258 e. The monoisotopic (exact) mass is 340 g/mol. The molecule has 2 aromatic heterocycles. The third-order valence-electron chi connectivity index (χ3n) is 4.35. The number of benzene rings is 1. The lowest BCUT2D eigenvalue weighted by Gasteiger charge is -2.13. The average molecular weight is 340 g/mol. The van der Waals surface area contributed by atoms with Crippen molar-refractivity contribution in [2.45, 2.75) is 12.8 Å². The van der Waals surface area contributed by atoms with Crippen molar-refractivity contribution in [2.24, 2.45) is 13.0 Å². The van der Waals surface area contributed by atoms with Crippen LogP contribution in [0, 0.1) is 11.7 Å². The number of pyridine rings is 1. The Morgan fingerprint density at radius 1 is 1.36 bits per heavy atom. The van der Waals surface area contributed by atoms with Gasteiger partial charge in [-0.1, -0.05) is 6.07 Å². The molecule has 0 aliphatic heterocycles. The average Bonchev–Trinajstić information content (AvgIpc) is 3.41. The number of nitrogens with zero attached hydrogens (tertiary/aromatic N) is 3. The lowest BCUT2D eigenvalue weighted by molar-refractivity contribution is 0.299. The highest BCUT2D eigenvalue weighted by Crippen LogP contribution is 2.35. The van der Waals surface area contributed by atoms with Gasteiger partial charge in [-0.3, -0.25) is 4.79 Å². The van der Waals surface area contributed by atoms with Crippen molar-refractivity contribution in [3.8, 4) is 17.0 Å². The number of hydrogen-bond donors (Lipinski definition) is 1. The van der Waals surface area contributed by atoms with Gasteiger partial charge in [-0.2, -0.15) is 0 Å². The third-order valence-corrected chi connectivity index (χ3v) is 4.35. The first kappa shape index (κ1) is 15.6. The Bertz CT molecular complexity index is 1030. The normalized spacial score (nSPS) is 14.0. The summed E-state index contributed by atoms with van der Waals surface area (Å²) in [5.74, 6) is 0.716. The zero-order chi connectivity index (χ0) is 17.6. The van der Waals surface area contributed by atoms with E-state index in [4.69, 9.17) is 10.5 Å². The van der Waals surface area contributed by atoms with Crippen LogP contribution in [-0.2, 0) is 7.05 Å². The summed E-state index contributed by atoms with van der Waals surface area (Å²) < 4.78 is 20.9. The van der Waals surface area contributed by atoms with Gasteiger partial charge in [0.15, 0.2) is 5.75 Å². The van der Waals surface area contributed by atoms with E-state index in [9.17, 15) is 9.18 Å². The predicted molar refractivity (Wildman–Crippen MR) is 92.8 cm³/mol. The number of fused-ring (bicyclic) bond motifs is 1. The van der Waals surface area contributed by atoms with E-state index in [-0.39, 0.29) is 16.9 Å². The lowest BCUT2D eigenvalue weighted by atomic mass is 10.0. The van der Waals surface area contributed by atoms with Gasteiger partial charge in [-0.15, -0.1) is 0 Å². The Kier molecular flexibility index (Phi) is 3.63. The molecule has 1 fully saturated rings. The smallest absolute Gasteiger partial charge is 0.258 e. The summed E-state index contributed by atoms with van der Waals surface area (Å²) in [5, 5.41) is 0.879. The third kappa shape index (κ3) is 2.93. The minimum Gasteiger partial charge on any atom is -0.489 e. The van der Waals surface area contributed by atoms with Crippen LogP contribution in [0.4, 0.5) is 10.3 Å². The fraction of sp³-hybridized carbons (Fsp3) is 0.278. The second-order valence-electron chi connectivity index (χ2n) is 6.34. The van der Waals surface area contributed by atoms with Crippen molar-refractivity contribution < 1.29 is 9.13 Å². The van der Waals surface area contributed by atoms with Crippen molar-refractivity contribution in [1.82, 2.24) is 14.5 Å². The number of nitrogens with two attached hydrogens (primary N) is 1. The molecule has 4 rings (SSSR count). The Hall–Kier alpha value is -2.96. The topological polar surface area (TPSA) is 83.0 Å². The van der Waals surface area contributed by atoms with E-state index < -0.39 is 5.82 Å². The summed E-state index contributed by atoms with van der Waals surface area (Å²) in [7, 11) is 1.62. The van der Waals surface area contributed by atoms with Gasteiger partial charge in [0.2, 0.25) is 5.95 Å². The van der Waals surface area contributed by atoms with Crippen molar-refractivity contribution >= 4 is 16.7 Å². The van der Waals surface area contributed by atoms with Crippen LogP contribution >= 0.6 is 0 Å². The minimum absolute atomic E-state index is 0.109. The van der Waals surface area contributed by atoms with Crippen molar-refractivity contribution in [3.05, 3.63) is 46.8 Å². The minimum atomic E-state index is -0.464. The second-order valence-corrected chi connectivity index (χ2v) is 6.34. The fourth-order valence-electron chi connectivity index (χ4n) is 2.80. The van der Waals surface area contributed by atoms with Gasteiger partial charge in [0, 0.05) is 18.8 Å². The summed E-state index contributed by atoms with van der Waals surface area (Å²) in [6.45, 7) is 0.596. The number of aromatic nitrogens is 3. The quantitative estimate of drug-likeness (QED) is 0.789. The molecule has 6 nitrogen and oxygen atoms in total. The predicted octanol–water partition coefficient (Wildman–Crippen LogP) is 2.51. The Balaban J connectivity index is 1.93. The van der Waals surface area contributed by atoms with Crippen LogP contribution in [0.3, 0.4) is 0 Å². The molecule has 0 saturated heterocycles. The van der Waals surface area contributed by atoms with E-state index >= 15 is 0 Å². The van der Waals surface area contributed by atoms with Crippen LogP contribution in [0.1, 0.15) is 12.8 Å². The van der Waals surface area contributed by atoms with E-state index in [1.54, 1.807) is 25.5 Å². The van der Waals surface area contributed by atoms with Crippen molar-refractivity contribution in [3.63, 3.8) is 0 Å². The largest absolute Gasteiger partial charge is 0.489 e. The number of rotatable bonds is 4. The van der Waals surface area contributed by atoms with Crippen LogP contribution in [0.15, 0.2) is 35.4 Å². The number of ether oxygens (including phenoxy) is 1. The number of nitrogen functional groups attached to an aromatic ring is 1. The molecule has 25 heavy (non-hydrogen) atoms. The molecule has 2 heterocycles. The summed E-state index contributed by atoms with van der Waals surface area (Å²) in [6, 6.07) is 4.13. The molecule has 0 bridgehead atoms. The van der Waals surface area contributed by atoms with Gasteiger partial charge >= 0.3 is 0 Å². The summed E-state index contributed by atoms with van der Waals surface area (Å²) in [5.41, 5.74) is 6.64. The van der Waals surface area contributed by atoms with E-state index in [0.29, 0.717) is 34.9 Å². The summed E-state index contributed by atoms with van der Waals surface area (Å²) in [6.07, 6.45) is 5.52. The summed E-state index contributed by atoms with van der Waals surface area (Å²) in [4.78, 5) is 20.7. The van der Waals surface area contributed by atoms with Crippen molar-refractivity contribution in [2.75, 3.05) is 12.3 Å². The lowest BCUT2D eigenvalue weighted by Crippen LogP contribution is -2.17. The number of aryl methyl sites for hydroxylation is 1. The van der Waals surface area contributed by atoms with Gasteiger partial charge in [0.1, 0.15) is 11.5 Å². The van der Waals surface area contributed by atoms with Gasteiger partial charge in [-0.25, -0.2) is 14.4 Å². The van der Waals surface area contributed by atoms with E-state index in [2.05, 4.69) is 9.97 Å². The molecular weight excluding hydrogens is 323 g/mol. The Labute approximate surface area is 143 Å². The molecule has 0 amide bonds. The maximum atomic E-state index is 13.6. The SMILES string of the molecule is Cn1cc(-c2nc(N)ncc2OCC2CC2)c2ccc(F)cc2c1=O. The van der Waals surface area contributed by atoms with E-state index in [1.165, 1.54) is 16.7 Å². The molecule has 1 aliphatic carbocycles. The molecule has 0 unspecified atom stereocenters. The summed E-state index contributed by atoms with van der Waals surface area (Å²) >= 11 is 0. The van der Waals surface area contributed by atoms with E-state index in [0.717, 1.165) is 12.8 Å². The van der Waals surface area contributed by atoms with Crippen LogP contribution in [0.25, 0.3) is 22.0 Å². The van der Waals surface area contributed by atoms with Crippen LogP contribution in [-0.4, -0.2) is 21.1 Å². The van der Waals surface area contributed by atoms with Gasteiger partial charge in [0.05, 0.1) is 18.2 Å². The molecule has 0 spiro atoms. The number of hydrogen-bond acceptors (Lipinski definition) is 5. The Morgan fingerprint density at radius 3 is 2.92 bits per heavy atom. The van der Waals surface area contributed by atoms with Gasteiger partial charge in [0.25, 0.3) is 5.56 Å². The highest BCUT2D eigenvalue weighted by Gasteiger charge is 2.23. The van der Waals surface area contributed by atoms with Crippen LogP contribution < -0.4 is 16.0 Å². The molecule has 7 heteroatoms. The molecule has 0 radical (unpaired) electrons. The standard InChI is InChI=1S/C18H17FN4O2/c1-23-8-14(12-5-4-11(19)6-13(12)17(23)24)16-15(7-21-18(20)22-16)25-9-10-2-3-10/h4-8,10H,2-3,9H2,1H3,(H2,20,21,22). The molecule has 1 aliphatic rings. The second kappa shape index (κ2) is 5.84. The molecule has 2 N–H and O–H groups in total. The zero-order valence-electron chi connectivity index (χ0n) is 13.7. The maximum absolute atomic E-state index is 13.6. The molecule has 128 valence electrons. The molecule has 1 aromatic carbocycles. The zero-order valence-corrected chi connectivity index (χ0v) is 13.7. The molecular formula is C18H17FN4O2. The first-order valence-corrected chi connectivity index (χ1v) is 8.07. The van der Waals surface area contributed by atoms with Gasteiger partial charge in [-0.05, 0) is 36.3 Å². The number of halogens is 1. The van der Waals surface area contributed by atoms with Crippen LogP contribution in [0.5, 0.6) is 5.75 Å². The fourth-order valence-corrected chi connectivity index (χ4v) is 2.80. The van der Waals surface area contributed by atoms with E-state index in [1.807, 2.05) is 0 Å². The highest BCUT2D eigenvalue weighted by molar-refractivity contribution is 5.96. The Morgan fingerprint density at radius 2 is 2.16 bits per heavy atom. The first-order valence-electron chi connectivity index (χ1n) is 8.07. The molecule has 1 saturated carbocycles. The molecule has 3 aromatic rings. The first-order chi connectivity index (χ1) is 12.0.